The van der Waals surface area contributed by atoms with Crippen LogP contribution in [0.15, 0.2) is 29.3 Å². The lowest BCUT2D eigenvalue weighted by Crippen LogP contribution is -2.46. The van der Waals surface area contributed by atoms with E-state index >= 15 is 0 Å². The van der Waals surface area contributed by atoms with E-state index in [4.69, 9.17) is 4.74 Å². The van der Waals surface area contributed by atoms with Crippen LogP contribution in [-0.2, 0) is 30.9 Å². The second-order valence-electron chi connectivity index (χ2n) is 6.35. The zero-order chi connectivity index (χ0) is 17.6. The predicted molar refractivity (Wildman–Crippen MR) is 113 cm³/mol. The molecule has 1 unspecified atom stereocenters. The number of aryl methyl sites for hydroxylation is 2. The van der Waals surface area contributed by atoms with E-state index in [1.165, 1.54) is 11.1 Å². The molecular weight excluding hydrogens is 443 g/mol. The minimum Gasteiger partial charge on any atom is -0.377 e. The van der Waals surface area contributed by atoms with Crippen molar-refractivity contribution in [3.8, 4) is 0 Å². The quantitative estimate of drug-likeness (QED) is 0.398. The summed E-state index contributed by atoms with van der Waals surface area (Å²) >= 11 is 0. The van der Waals surface area contributed by atoms with E-state index in [0.717, 1.165) is 43.5 Å². The van der Waals surface area contributed by atoms with Crippen LogP contribution in [0.1, 0.15) is 29.2 Å². The van der Waals surface area contributed by atoms with Gasteiger partial charge in [-0.3, -0.25) is 4.99 Å². The summed E-state index contributed by atoms with van der Waals surface area (Å²) in [6, 6.07) is 8.80. The largest absolute Gasteiger partial charge is 0.377 e. The van der Waals surface area contributed by atoms with Crippen LogP contribution in [0.4, 0.5) is 0 Å². The summed E-state index contributed by atoms with van der Waals surface area (Å²) < 4.78 is 7.09. The van der Waals surface area contributed by atoms with Crippen LogP contribution in [0.5, 0.6) is 0 Å². The highest BCUT2D eigenvalue weighted by molar-refractivity contribution is 14.0. The molecule has 1 aliphatic rings. The third-order valence-corrected chi connectivity index (χ3v) is 4.32. The topological polar surface area (TPSA) is 76.4 Å². The fourth-order valence-electron chi connectivity index (χ4n) is 2.95. The Bertz CT molecular complexity index is 728. The first-order valence-corrected chi connectivity index (χ1v) is 8.62. The first-order chi connectivity index (χ1) is 12.2. The number of guanidine groups is 1. The molecule has 8 heteroatoms. The maximum absolute atomic E-state index is 5.11. The molecule has 26 heavy (non-hydrogen) atoms. The van der Waals surface area contributed by atoms with Gasteiger partial charge >= 0.3 is 0 Å². The van der Waals surface area contributed by atoms with Crippen LogP contribution in [0.2, 0.25) is 0 Å². The van der Waals surface area contributed by atoms with Gasteiger partial charge in [-0.15, -0.1) is 24.0 Å². The monoisotopic (exact) mass is 470 g/mol. The molecule has 1 aromatic carbocycles. The van der Waals surface area contributed by atoms with Crippen molar-refractivity contribution in [2.45, 2.75) is 45.5 Å². The first-order valence-electron chi connectivity index (χ1n) is 8.62. The van der Waals surface area contributed by atoms with E-state index in [9.17, 15) is 0 Å². The van der Waals surface area contributed by atoms with E-state index in [1.54, 1.807) is 14.2 Å². The Morgan fingerprint density at radius 3 is 2.81 bits per heavy atom. The molecule has 142 valence electrons. The van der Waals surface area contributed by atoms with Gasteiger partial charge in [0.15, 0.2) is 11.8 Å². The highest BCUT2D eigenvalue weighted by Crippen LogP contribution is 2.13. The molecule has 2 N–H and O–H groups in total. The maximum atomic E-state index is 5.11. The van der Waals surface area contributed by atoms with Crippen molar-refractivity contribution in [1.82, 2.24) is 25.4 Å². The van der Waals surface area contributed by atoms with E-state index in [1.807, 2.05) is 4.68 Å². The number of hydrogen-bond donors (Lipinski definition) is 2. The molecule has 7 nitrogen and oxygen atoms in total. The molecule has 0 aliphatic carbocycles. The van der Waals surface area contributed by atoms with Gasteiger partial charge in [-0.25, -0.2) is 9.67 Å². The van der Waals surface area contributed by atoms with Crippen LogP contribution >= 0.6 is 24.0 Å². The van der Waals surface area contributed by atoms with E-state index in [-0.39, 0.29) is 30.0 Å². The molecule has 2 heterocycles. The summed E-state index contributed by atoms with van der Waals surface area (Å²) in [6.07, 6.45) is 1.92. The van der Waals surface area contributed by atoms with Crippen LogP contribution in [0.25, 0.3) is 0 Å². The Morgan fingerprint density at radius 2 is 2.12 bits per heavy atom. The number of benzene rings is 1. The third-order valence-electron chi connectivity index (χ3n) is 4.32. The second-order valence-corrected chi connectivity index (χ2v) is 6.35. The van der Waals surface area contributed by atoms with E-state index in [2.05, 4.69) is 56.9 Å². The normalized spacial score (nSPS) is 16.6. The Hall–Kier alpha value is -1.68. The number of rotatable bonds is 5. The number of methoxy groups -OCH3 is 1. The maximum Gasteiger partial charge on any atom is 0.191 e. The fraction of sp³-hybridized carbons (Fsp3) is 0.500. The Morgan fingerprint density at radius 1 is 1.35 bits per heavy atom. The molecule has 1 atom stereocenters. The zero-order valence-corrected chi connectivity index (χ0v) is 17.9. The number of hydrogen-bond acceptors (Lipinski definition) is 4. The van der Waals surface area contributed by atoms with Crippen LogP contribution in [0.3, 0.4) is 0 Å². The number of ether oxygens (including phenoxy) is 1. The zero-order valence-electron chi connectivity index (χ0n) is 15.5. The lowest BCUT2D eigenvalue weighted by molar-refractivity contribution is 0.177. The van der Waals surface area contributed by atoms with Crippen molar-refractivity contribution in [1.29, 1.82) is 0 Å². The van der Waals surface area contributed by atoms with Gasteiger partial charge in [-0.05, 0) is 18.9 Å². The standard InChI is InChI=1S/C18H26N6O.HI/c1-13-4-6-14(7-5-13)10-20-18(19-2)21-15-8-9-17-22-16(12-25-3)23-24(17)11-15;/h4-7,15H,8-12H2,1-3H3,(H2,19,20,21);1H. The summed E-state index contributed by atoms with van der Waals surface area (Å²) in [7, 11) is 3.46. The summed E-state index contributed by atoms with van der Waals surface area (Å²) in [5.41, 5.74) is 2.50. The smallest absolute Gasteiger partial charge is 0.191 e. The van der Waals surface area contributed by atoms with Crippen molar-refractivity contribution >= 4 is 29.9 Å². The highest BCUT2D eigenvalue weighted by Gasteiger charge is 2.22. The number of aliphatic imine (C=N–C) groups is 1. The molecular formula is C18H27IN6O. The van der Waals surface area contributed by atoms with Crippen LogP contribution in [-0.4, -0.2) is 40.9 Å². The van der Waals surface area contributed by atoms with Crippen molar-refractivity contribution in [3.05, 3.63) is 47.0 Å². The van der Waals surface area contributed by atoms with Gasteiger partial charge in [0.25, 0.3) is 0 Å². The number of aromatic nitrogens is 3. The molecule has 3 rings (SSSR count). The van der Waals surface area contributed by atoms with E-state index < -0.39 is 0 Å². The minimum atomic E-state index is 0. The van der Waals surface area contributed by atoms with Gasteiger partial charge in [0, 0.05) is 33.2 Å². The van der Waals surface area contributed by atoms with Gasteiger partial charge in [0.1, 0.15) is 12.4 Å². The van der Waals surface area contributed by atoms with E-state index in [0.29, 0.717) is 6.61 Å². The first kappa shape index (κ1) is 20.6. The number of fused-ring (bicyclic) bond motifs is 1. The third kappa shape index (κ3) is 5.41. The van der Waals surface area contributed by atoms with Gasteiger partial charge in [0.05, 0.1) is 6.54 Å². The van der Waals surface area contributed by atoms with Gasteiger partial charge in [-0.1, -0.05) is 29.8 Å². The SMILES string of the molecule is CN=C(NCc1ccc(C)cc1)NC1CCc2nc(COC)nn2C1.I. The van der Waals surface area contributed by atoms with Crippen molar-refractivity contribution in [3.63, 3.8) is 0 Å². The van der Waals surface area contributed by atoms with Gasteiger partial charge < -0.3 is 15.4 Å². The molecule has 0 fully saturated rings. The molecule has 0 saturated heterocycles. The molecule has 0 saturated carbocycles. The van der Waals surface area contributed by atoms with Crippen LogP contribution in [0, 0.1) is 6.92 Å². The molecule has 0 bridgehead atoms. The number of nitrogens with one attached hydrogen (secondary N) is 2. The Labute approximate surface area is 171 Å². The predicted octanol–water partition coefficient (Wildman–Crippen LogP) is 2.03. The number of halogens is 1. The average Bonchev–Trinajstić information content (AvgIpc) is 3.02. The van der Waals surface area contributed by atoms with Crippen molar-refractivity contribution < 1.29 is 4.74 Å². The minimum absolute atomic E-state index is 0. The summed E-state index contributed by atoms with van der Waals surface area (Å²) in [6.45, 7) is 4.09. The molecule has 1 aliphatic heterocycles. The van der Waals surface area contributed by atoms with Gasteiger partial charge in [0.2, 0.25) is 0 Å². The summed E-state index contributed by atoms with van der Waals surface area (Å²) in [5, 5.41) is 11.4. The Balaban J connectivity index is 0.00000243. The molecule has 0 spiro atoms. The molecule has 1 aromatic heterocycles. The number of nitrogens with zero attached hydrogens (tertiary/aromatic N) is 4. The Kier molecular flexibility index (Phi) is 7.83. The van der Waals surface area contributed by atoms with Gasteiger partial charge in [-0.2, -0.15) is 5.10 Å². The molecule has 0 amide bonds. The lowest BCUT2D eigenvalue weighted by Gasteiger charge is -2.25. The van der Waals surface area contributed by atoms with Crippen molar-refractivity contribution in [2.75, 3.05) is 14.2 Å². The highest BCUT2D eigenvalue weighted by atomic mass is 127. The average molecular weight is 470 g/mol. The molecule has 2 aromatic rings. The molecule has 0 radical (unpaired) electrons. The second kappa shape index (κ2) is 9.86. The summed E-state index contributed by atoms with van der Waals surface area (Å²) in [4.78, 5) is 8.85. The summed E-state index contributed by atoms with van der Waals surface area (Å²) in [5.74, 6) is 2.60. The fourth-order valence-corrected chi connectivity index (χ4v) is 2.95. The van der Waals surface area contributed by atoms with Crippen LogP contribution < -0.4 is 10.6 Å². The van der Waals surface area contributed by atoms with Crippen molar-refractivity contribution in [2.24, 2.45) is 4.99 Å². The lowest BCUT2D eigenvalue weighted by atomic mass is 10.1.